The highest BCUT2D eigenvalue weighted by Crippen LogP contribution is 2.28. The van der Waals surface area contributed by atoms with Gasteiger partial charge in [0.2, 0.25) is 0 Å². The quantitative estimate of drug-likeness (QED) is 0.894. The number of thioether (sulfide) groups is 1. The molecule has 1 aliphatic heterocycles. The smallest absolute Gasteiger partial charge is 0.256 e. The summed E-state index contributed by atoms with van der Waals surface area (Å²) in [6, 6.07) is 7.82. The van der Waals surface area contributed by atoms with Crippen molar-refractivity contribution in [1.29, 1.82) is 0 Å². The van der Waals surface area contributed by atoms with Crippen LogP contribution < -0.4 is 5.32 Å². The highest BCUT2D eigenvalue weighted by molar-refractivity contribution is 7.99. The number of hydrogen-bond acceptors (Lipinski definition) is 3. The van der Waals surface area contributed by atoms with Crippen LogP contribution in [0.3, 0.4) is 0 Å². The molecule has 19 heavy (non-hydrogen) atoms. The lowest BCUT2D eigenvalue weighted by molar-refractivity contribution is -0.134. The van der Waals surface area contributed by atoms with Crippen LogP contribution in [0.15, 0.2) is 24.3 Å². The van der Waals surface area contributed by atoms with Crippen molar-refractivity contribution in [1.82, 2.24) is 0 Å². The molecule has 0 aromatic heterocycles. The van der Waals surface area contributed by atoms with Gasteiger partial charge in [0.15, 0.2) is 0 Å². The lowest BCUT2D eigenvalue weighted by atomic mass is 9.95. The summed E-state index contributed by atoms with van der Waals surface area (Å²) in [7, 11) is 0. The second kappa shape index (κ2) is 5.97. The maximum absolute atomic E-state index is 12.1. The Morgan fingerprint density at radius 1 is 1.26 bits per heavy atom. The zero-order valence-electron chi connectivity index (χ0n) is 11.5. The topological polar surface area (TPSA) is 49.3 Å². The van der Waals surface area contributed by atoms with E-state index in [1.807, 2.05) is 24.3 Å². The van der Waals surface area contributed by atoms with Gasteiger partial charge in [-0.25, -0.2) is 0 Å². The summed E-state index contributed by atoms with van der Waals surface area (Å²) >= 11 is 1.79. The second-order valence-electron chi connectivity index (χ2n) is 5.37. The molecule has 1 aromatic carbocycles. The van der Waals surface area contributed by atoms with Crippen LogP contribution in [0, 0.1) is 0 Å². The number of benzene rings is 1. The number of carbonyl (C=O) groups excluding carboxylic acids is 1. The fourth-order valence-electron chi connectivity index (χ4n) is 2.13. The molecule has 104 valence electrons. The average Bonchev–Trinajstić information content (AvgIpc) is 2.40. The van der Waals surface area contributed by atoms with Crippen molar-refractivity contribution >= 4 is 23.4 Å². The largest absolute Gasteiger partial charge is 0.380 e. The van der Waals surface area contributed by atoms with Gasteiger partial charge in [0.25, 0.3) is 5.91 Å². The summed E-state index contributed by atoms with van der Waals surface area (Å²) in [4.78, 5) is 12.1. The van der Waals surface area contributed by atoms with Gasteiger partial charge in [-0.3, -0.25) is 4.79 Å². The molecule has 0 atom stereocenters. The van der Waals surface area contributed by atoms with E-state index in [1.165, 1.54) is 5.56 Å². The molecule has 1 heterocycles. The van der Waals surface area contributed by atoms with Crippen LogP contribution in [-0.4, -0.2) is 28.1 Å². The molecule has 1 aliphatic rings. The molecule has 1 aromatic rings. The zero-order chi connectivity index (χ0) is 13.9. The highest BCUT2D eigenvalue weighted by Gasteiger charge is 2.37. The van der Waals surface area contributed by atoms with Crippen molar-refractivity contribution in [2.24, 2.45) is 0 Å². The summed E-state index contributed by atoms with van der Waals surface area (Å²) in [5.41, 5.74) is 0.800. The number of aliphatic hydroxyl groups is 1. The molecular formula is C15H21NO2S. The minimum atomic E-state index is -1.19. The van der Waals surface area contributed by atoms with Crippen molar-refractivity contribution in [2.75, 3.05) is 16.8 Å². The van der Waals surface area contributed by atoms with E-state index >= 15 is 0 Å². The van der Waals surface area contributed by atoms with Gasteiger partial charge in [-0.15, -0.1) is 0 Å². The predicted octanol–water partition coefficient (Wildman–Crippen LogP) is 3.01. The Morgan fingerprint density at radius 3 is 2.37 bits per heavy atom. The van der Waals surface area contributed by atoms with Gasteiger partial charge in [-0.2, -0.15) is 11.8 Å². The van der Waals surface area contributed by atoms with Gasteiger partial charge in [0.05, 0.1) is 0 Å². The van der Waals surface area contributed by atoms with Gasteiger partial charge in [-0.1, -0.05) is 26.0 Å². The third kappa shape index (κ3) is 3.51. The molecular weight excluding hydrogens is 258 g/mol. The van der Waals surface area contributed by atoms with Gasteiger partial charge in [0, 0.05) is 5.69 Å². The Labute approximate surface area is 118 Å². The summed E-state index contributed by atoms with van der Waals surface area (Å²) < 4.78 is 0. The van der Waals surface area contributed by atoms with Crippen molar-refractivity contribution in [3.05, 3.63) is 29.8 Å². The van der Waals surface area contributed by atoms with Crippen LogP contribution in [0.5, 0.6) is 0 Å². The van der Waals surface area contributed by atoms with Crippen LogP contribution >= 0.6 is 11.8 Å². The Bertz CT molecular complexity index is 436. The number of amides is 1. The molecule has 0 spiro atoms. The SMILES string of the molecule is CC(C)c1ccc(NC(=O)C2(O)CCSCC2)cc1. The fraction of sp³-hybridized carbons (Fsp3) is 0.533. The third-order valence-electron chi connectivity index (χ3n) is 3.58. The van der Waals surface area contributed by atoms with E-state index < -0.39 is 5.60 Å². The lowest BCUT2D eigenvalue weighted by Gasteiger charge is -2.30. The predicted molar refractivity (Wildman–Crippen MR) is 80.7 cm³/mol. The van der Waals surface area contributed by atoms with Crippen molar-refractivity contribution in [2.45, 2.75) is 38.2 Å². The lowest BCUT2D eigenvalue weighted by Crippen LogP contribution is -2.45. The van der Waals surface area contributed by atoms with E-state index in [0.717, 1.165) is 17.2 Å². The van der Waals surface area contributed by atoms with E-state index in [2.05, 4.69) is 19.2 Å². The van der Waals surface area contributed by atoms with Crippen LogP contribution in [0.4, 0.5) is 5.69 Å². The Hall–Kier alpha value is -1.00. The number of carbonyl (C=O) groups is 1. The first-order valence-corrected chi connectivity index (χ1v) is 7.88. The first kappa shape index (κ1) is 14.4. The highest BCUT2D eigenvalue weighted by atomic mass is 32.2. The van der Waals surface area contributed by atoms with E-state index in [0.29, 0.717) is 18.8 Å². The molecule has 1 amide bonds. The summed E-state index contributed by atoms with van der Waals surface area (Å²) in [5.74, 6) is 1.89. The van der Waals surface area contributed by atoms with Crippen molar-refractivity contribution in [3.8, 4) is 0 Å². The normalized spacial score (nSPS) is 18.3. The summed E-state index contributed by atoms with van der Waals surface area (Å²) in [5, 5.41) is 13.1. The van der Waals surface area contributed by atoms with Crippen molar-refractivity contribution < 1.29 is 9.90 Å². The first-order valence-electron chi connectivity index (χ1n) is 6.73. The molecule has 1 saturated heterocycles. The summed E-state index contributed by atoms with van der Waals surface area (Å²) in [6.07, 6.45) is 1.07. The maximum atomic E-state index is 12.1. The molecule has 4 heteroatoms. The number of anilines is 1. The van der Waals surface area contributed by atoms with Crippen LogP contribution in [-0.2, 0) is 4.79 Å². The molecule has 2 N–H and O–H groups in total. The monoisotopic (exact) mass is 279 g/mol. The molecule has 1 fully saturated rings. The van der Waals surface area contributed by atoms with Crippen LogP contribution in [0.2, 0.25) is 0 Å². The fourth-order valence-corrected chi connectivity index (χ4v) is 3.30. The first-order chi connectivity index (χ1) is 9.01. The molecule has 0 aliphatic carbocycles. The minimum absolute atomic E-state index is 0.273. The molecule has 0 bridgehead atoms. The zero-order valence-corrected chi connectivity index (χ0v) is 12.3. The molecule has 2 rings (SSSR count). The number of hydrogen-bond donors (Lipinski definition) is 2. The van der Waals surface area contributed by atoms with E-state index in [1.54, 1.807) is 11.8 Å². The van der Waals surface area contributed by atoms with E-state index in [9.17, 15) is 9.90 Å². The third-order valence-corrected chi connectivity index (χ3v) is 4.56. The van der Waals surface area contributed by atoms with Gasteiger partial charge < -0.3 is 10.4 Å². The standard InChI is InChI=1S/C15H21NO2S/c1-11(2)12-3-5-13(6-4-12)16-14(17)15(18)7-9-19-10-8-15/h3-6,11,18H,7-10H2,1-2H3,(H,16,17). The van der Waals surface area contributed by atoms with Crippen molar-refractivity contribution in [3.63, 3.8) is 0 Å². The van der Waals surface area contributed by atoms with E-state index in [4.69, 9.17) is 0 Å². The summed E-state index contributed by atoms with van der Waals surface area (Å²) in [6.45, 7) is 4.27. The molecule has 0 unspecified atom stereocenters. The number of nitrogens with one attached hydrogen (secondary N) is 1. The average molecular weight is 279 g/mol. The number of rotatable bonds is 3. The van der Waals surface area contributed by atoms with E-state index in [-0.39, 0.29) is 5.91 Å². The minimum Gasteiger partial charge on any atom is -0.380 e. The molecule has 3 nitrogen and oxygen atoms in total. The van der Waals surface area contributed by atoms with Crippen LogP contribution in [0.1, 0.15) is 38.2 Å². The maximum Gasteiger partial charge on any atom is 0.256 e. The Morgan fingerprint density at radius 2 is 1.84 bits per heavy atom. The second-order valence-corrected chi connectivity index (χ2v) is 6.60. The molecule has 0 radical (unpaired) electrons. The van der Waals surface area contributed by atoms with Gasteiger partial charge >= 0.3 is 0 Å². The Kier molecular flexibility index (Phi) is 4.53. The molecule has 0 saturated carbocycles. The van der Waals surface area contributed by atoms with Gasteiger partial charge in [0.1, 0.15) is 5.60 Å². The van der Waals surface area contributed by atoms with Crippen LogP contribution in [0.25, 0.3) is 0 Å². The Balaban J connectivity index is 2.02. The van der Waals surface area contributed by atoms with Gasteiger partial charge in [-0.05, 0) is 48.0 Å².